The van der Waals surface area contributed by atoms with Gasteiger partial charge >= 0.3 is 0 Å². The van der Waals surface area contributed by atoms with Crippen LogP contribution in [0.3, 0.4) is 0 Å². The number of aryl methyl sites for hydroxylation is 1. The summed E-state index contributed by atoms with van der Waals surface area (Å²) in [6.07, 6.45) is 2.22. The third-order valence-corrected chi connectivity index (χ3v) is 3.39. The standard InChI is InChI=1S/C13H20ClN/c1-4-9(2)7-13(15)11-5-6-12(14)10(3)8-11/h5-6,8-9,13H,4,7,15H2,1-3H3. The molecule has 0 fully saturated rings. The maximum Gasteiger partial charge on any atom is 0.0435 e. The lowest BCUT2D eigenvalue weighted by Gasteiger charge is -2.17. The fraction of sp³-hybridized carbons (Fsp3) is 0.538. The topological polar surface area (TPSA) is 26.0 Å². The minimum absolute atomic E-state index is 0.135. The van der Waals surface area contributed by atoms with E-state index in [9.17, 15) is 0 Å². The molecule has 2 unspecified atom stereocenters. The maximum absolute atomic E-state index is 6.15. The van der Waals surface area contributed by atoms with Crippen molar-refractivity contribution in [2.75, 3.05) is 0 Å². The molecule has 2 atom stereocenters. The summed E-state index contributed by atoms with van der Waals surface area (Å²) in [4.78, 5) is 0. The van der Waals surface area contributed by atoms with E-state index in [1.807, 2.05) is 19.1 Å². The molecule has 1 aromatic carbocycles. The van der Waals surface area contributed by atoms with Gasteiger partial charge in [0.1, 0.15) is 0 Å². The van der Waals surface area contributed by atoms with Crippen LogP contribution >= 0.6 is 11.6 Å². The molecule has 0 saturated carbocycles. The first kappa shape index (κ1) is 12.5. The maximum atomic E-state index is 6.15. The molecule has 2 N–H and O–H groups in total. The first-order valence-corrected chi connectivity index (χ1v) is 5.94. The molecule has 0 bridgehead atoms. The van der Waals surface area contributed by atoms with Gasteiger partial charge in [-0.05, 0) is 36.5 Å². The highest BCUT2D eigenvalue weighted by Gasteiger charge is 2.10. The van der Waals surface area contributed by atoms with E-state index in [4.69, 9.17) is 17.3 Å². The van der Waals surface area contributed by atoms with Crippen LogP contribution in [0, 0.1) is 12.8 Å². The van der Waals surface area contributed by atoms with Crippen molar-refractivity contribution in [1.82, 2.24) is 0 Å². The van der Waals surface area contributed by atoms with E-state index >= 15 is 0 Å². The summed E-state index contributed by atoms with van der Waals surface area (Å²) < 4.78 is 0. The normalized spacial score (nSPS) is 15.0. The van der Waals surface area contributed by atoms with Crippen LogP contribution in [0.1, 0.15) is 43.9 Å². The molecule has 0 spiro atoms. The fourth-order valence-electron chi connectivity index (χ4n) is 1.63. The third-order valence-electron chi connectivity index (χ3n) is 2.96. The monoisotopic (exact) mass is 225 g/mol. The van der Waals surface area contributed by atoms with Crippen molar-refractivity contribution in [1.29, 1.82) is 0 Å². The first-order valence-electron chi connectivity index (χ1n) is 5.56. The van der Waals surface area contributed by atoms with Crippen molar-refractivity contribution < 1.29 is 0 Å². The van der Waals surface area contributed by atoms with Crippen molar-refractivity contribution >= 4 is 11.6 Å². The van der Waals surface area contributed by atoms with Gasteiger partial charge in [0.15, 0.2) is 0 Å². The Kier molecular flexibility index (Phi) is 4.62. The predicted octanol–water partition coefficient (Wildman–Crippen LogP) is 4.08. The number of hydrogen-bond donors (Lipinski definition) is 1. The lowest BCUT2D eigenvalue weighted by molar-refractivity contribution is 0.461. The van der Waals surface area contributed by atoms with Gasteiger partial charge in [0.25, 0.3) is 0 Å². The van der Waals surface area contributed by atoms with E-state index < -0.39 is 0 Å². The molecule has 0 aromatic heterocycles. The summed E-state index contributed by atoms with van der Waals surface area (Å²) in [5, 5.41) is 0.814. The van der Waals surface area contributed by atoms with E-state index in [0.29, 0.717) is 5.92 Å². The largest absolute Gasteiger partial charge is 0.324 e. The van der Waals surface area contributed by atoms with Crippen molar-refractivity contribution in [3.8, 4) is 0 Å². The van der Waals surface area contributed by atoms with Gasteiger partial charge in [0, 0.05) is 11.1 Å². The number of halogens is 1. The van der Waals surface area contributed by atoms with Crippen LogP contribution < -0.4 is 5.73 Å². The van der Waals surface area contributed by atoms with Crippen LogP contribution in [0.25, 0.3) is 0 Å². The van der Waals surface area contributed by atoms with Crippen molar-refractivity contribution in [2.45, 2.75) is 39.7 Å². The van der Waals surface area contributed by atoms with Crippen LogP contribution in [0.2, 0.25) is 5.02 Å². The third kappa shape index (κ3) is 3.51. The summed E-state index contributed by atoms with van der Waals surface area (Å²) >= 11 is 5.98. The van der Waals surface area contributed by atoms with E-state index in [1.54, 1.807) is 0 Å². The Labute approximate surface area is 97.6 Å². The molecule has 0 heterocycles. The van der Waals surface area contributed by atoms with Crippen LogP contribution in [0.4, 0.5) is 0 Å². The second-order valence-corrected chi connectivity index (χ2v) is 4.77. The molecular weight excluding hydrogens is 206 g/mol. The van der Waals surface area contributed by atoms with E-state index in [1.165, 1.54) is 12.0 Å². The minimum atomic E-state index is 0.135. The fourth-order valence-corrected chi connectivity index (χ4v) is 1.75. The molecular formula is C13H20ClN. The molecule has 0 aliphatic heterocycles. The van der Waals surface area contributed by atoms with E-state index in [0.717, 1.165) is 17.0 Å². The summed E-state index contributed by atoms with van der Waals surface area (Å²) in [7, 11) is 0. The van der Waals surface area contributed by atoms with Crippen molar-refractivity contribution in [2.24, 2.45) is 11.7 Å². The van der Waals surface area contributed by atoms with Gasteiger partial charge in [-0.1, -0.05) is 44.0 Å². The lowest BCUT2D eigenvalue weighted by Crippen LogP contribution is -2.13. The zero-order chi connectivity index (χ0) is 11.4. The summed E-state index contributed by atoms with van der Waals surface area (Å²) in [6, 6.07) is 6.19. The SMILES string of the molecule is CCC(C)CC(N)c1ccc(Cl)c(C)c1. The van der Waals surface area contributed by atoms with E-state index in [2.05, 4.69) is 19.9 Å². The zero-order valence-corrected chi connectivity index (χ0v) is 10.5. The summed E-state index contributed by atoms with van der Waals surface area (Å²) in [6.45, 7) is 6.45. The Morgan fingerprint density at radius 2 is 2.07 bits per heavy atom. The molecule has 15 heavy (non-hydrogen) atoms. The minimum Gasteiger partial charge on any atom is -0.324 e. The summed E-state index contributed by atoms with van der Waals surface area (Å²) in [5.74, 6) is 0.677. The number of hydrogen-bond acceptors (Lipinski definition) is 1. The van der Waals surface area contributed by atoms with Crippen LogP contribution in [0.15, 0.2) is 18.2 Å². The van der Waals surface area contributed by atoms with Crippen molar-refractivity contribution in [3.63, 3.8) is 0 Å². The molecule has 0 aliphatic rings. The highest BCUT2D eigenvalue weighted by molar-refractivity contribution is 6.31. The number of rotatable bonds is 4. The molecule has 0 saturated heterocycles. The van der Waals surface area contributed by atoms with Gasteiger partial charge in [-0.25, -0.2) is 0 Å². The van der Waals surface area contributed by atoms with Gasteiger partial charge in [-0.3, -0.25) is 0 Å². The Morgan fingerprint density at radius 1 is 1.40 bits per heavy atom. The molecule has 2 heteroatoms. The molecule has 0 amide bonds. The average Bonchev–Trinajstić information content (AvgIpc) is 2.21. The quantitative estimate of drug-likeness (QED) is 0.821. The second kappa shape index (κ2) is 5.53. The first-order chi connectivity index (χ1) is 7.04. The predicted molar refractivity (Wildman–Crippen MR) is 67.2 cm³/mol. The van der Waals surface area contributed by atoms with Gasteiger partial charge in [-0.2, -0.15) is 0 Å². The smallest absolute Gasteiger partial charge is 0.0435 e. The highest BCUT2D eigenvalue weighted by Crippen LogP contribution is 2.24. The van der Waals surface area contributed by atoms with Crippen LogP contribution in [-0.2, 0) is 0 Å². The van der Waals surface area contributed by atoms with E-state index in [-0.39, 0.29) is 6.04 Å². The average molecular weight is 226 g/mol. The highest BCUT2D eigenvalue weighted by atomic mass is 35.5. The van der Waals surface area contributed by atoms with Gasteiger partial charge < -0.3 is 5.73 Å². The Bertz CT molecular complexity index is 322. The molecule has 0 radical (unpaired) electrons. The lowest BCUT2D eigenvalue weighted by atomic mass is 9.94. The molecule has 84 valence electrons. The summed E-state index contributed by atoms with van der Waals surface area (Å²) in [5.41, 5.74) is 8.44. The molecule has 1 aromatic rings. The van der Waals surface area contributed by atoms with Gasteiger partial charge in [0.05, 0.1) is 0 Å². The van der Waals surface area contributed by atoms with Crippen LogP contribution in [-0.4, -0.2) is 0 Å². The Hall–Kier alpha value is -0.530. The number of nitrogens with two attached hydrogens (primary N) is 1. The molecule has 1 nitrogen and oxygen atoms in total. The number of benzene rings is 1. The second-order valence-electron chi connectivity index (χ2n) is 4.36. The Morgan fingerprint density at radius 3 is 2.60 bits per heavy atom. The molecule has 0 aliphatic carbocycles. The molecule has 1 rings (SSSR count). The Balaban J connectivity index is 2.73. The van der Waals surface area contributed by atoms with Crippen molar-refractivity contribution in [3.05, 3.63) is 34.3 Å². The van der Waals surface area contributed by atoms with Gasteiger partial charge in [0.2, 0.25) is 0 Å². The van der Waals surface area contributed by atoms with Gasteiger partial charge in [-0.15, -0.1) is 0 Å². The van der Waals surface area contributed by atoms with Crippen LogP contribution in [0.5, 0.6) is 0 Å². The zero-order valence-electron chi connectivity index (χ0n) is 9.76.